The second-order valence-electron chi connectivity index (χ2n) is 14.5. The second-order valence-corrected chi connectivity index (χ2v) is 14.5. The zero-order chi connectivity index (χ0) is 28.4. The van der Waals surface area contributed by atoms with Gasteiger partial charge in [-0.1, -0.05) is 72.3 Å². The van der Waals surface area contributed by atoms with E-state index in [4.69, 9.17) is 4.74 Å². The van der Waals surface area contributed by atoms with Crippen LogP contribution in [0.1, 0.15) is 107 Å². The molecule has 4 aliphatic rings. The van der Waals surface area contributed by atoms with E-state index >= 15 is 0 Å². The third kappa shape index (κ3) is 4.13. The van der Waals surface area contributed by atoms with E-state index in [1.54, 1.807) is 0 Å². The van der Waals surface area contributed by atoms with E-state index in [2.05, 4.69) is 61.1 Å². The van der Waals surface area contributed by atoms with Gasteiger partial charge in [0.25, 0.3) is 0 Å². The number of aliphatic carboxylic acids is 1. The lowest BCUT2D eigenvalue weighted by molar-refractivity contribution is -0.159. The fourth-order valence-electron chi connectivity index (χ4n) is 9.67. The Hall–Kier alpha value is -1.91. The lowest BCUT2D eigenvalue weighted by atomic mass is 9.41. The highest BCUT2D eigenvalue weighted by Crippen LogP contribution is 2.73. The van der Waals surface area contributed by atoms with E-state index in [9.17, 15) is 19.5 Å². The van der Waals surface area contributed by atoms with E-state index in [0.29, 0.717) is 43.3 Å². The number of carbonyl (C=O) groups is 3. The first-order valence-corrected chi connectivity index (χ1v) is 14.8. The summed E-state index contributed by atoms with van der Waals surface area (Å²) in [7, 11) is 0. The Kier molecular flexibility index (Phi) is 7.37. The van der Waals surface area contributed by atoms with Gasteiger partial charge in [0.05, 0.1) is 5.92 Å². The topological polar surface area (TPSA) is 80.7 Å². The molecule has 0 heterocycles. The smallest absolute Gasteiger partial charge is 0.306 e. The van der Waals surface area contributed by atoms with Crippen LogP contribution in [0.2, 0.25) is 0 Å². The second kappa shape index (κ2) is 9.63. The molecule has 38 heavy (non-hydrogen) atoms. The SMILES string of the molecule is C=C(CCC(C(=O)O)C1CC(OC(C)=O)C2(C)C3=CCC4C(C)(C)C(=O)CCC4(C)C3CCC12C)C(C)C. The molecule has 4 aliphatic carbocycles. The van der Waals surface area contributed by atoms with Gasteiger partial charge in [0.2, 0.25) is 0 Å². The summed E-state index contributed by atoms with van der Waals surface area (Å²) in [6, 6.07) is 0. The van der Waals surface area contributed by atoms with Gasteiger partial charge in [-0.3, -0.25) is 14.4 Å². The highest BCUT2D eigenvalue weighted by molar-refractivity contribution is 5.85. The van der Waals surface area contributed by atoms with E-state index in [1.807, 2.05) is 0 Å². The van der Waals surface area contributed by atoms with Crippen LogP contribution in [-0.2, 0) is 19.1 Å². The summed E-state index contributed by atoms with van der Waals surface area (Å²) in [5.74, 6) is -0.356. The number of hydrogen-bond donors (Lipinski definition) is 1. The van der Waals surface area contributed by atoms with E-state index in [-0.39, 0.29) is 40.2 Å². The normalized spacial score (nSPS) is 40.4. The number of rotatable bonds is 7. The van der Waals surface area contributed by atoms with Crippen LogP contribution in [0, 0.1) is 51.2 Å². The van der Waals surface area contributed by atoms with Gasteiger partial charge < -0.3 is 9.84 Å². The maximum Gasteiger partial charge on any atom is 0.306 e. The monoisotopic (exact) mass is 526 g/mol. The van der Waals surface area contributed by atoms with Gasteiger partial charge in [0.1, 0.15) is 11.9 Å². The molecule has 1 N–H and O–H groups in total. The van der Waals surface area contributed by atoms with Crippen molar-refractivity contribution in [3.8, 4) is 0 Å². The molecule has 0 spiro atoms. The summed E-state index contributed by atoms with van der Waals surface area (Å²) >= 11 is 0. The van der Waals surface area contributed by atoms with Crippen LogP contribution in [-0.4, -0.2) is 28.9 Å². The zero-order valence-corrected chi connectivity index (χ0v) is 25.0. The zero-order valence-electron chi connectivity index (χ0n) is 25.0. The van der Waals surface area contributed by atoms with Crippen LogP contribution in [0.25, 0.3) is 0 Å². The number of carboxylic acids is 1. The molecule has 8 unspecified atom stereocenters. The summed E-state index contributed by atoms with van der Waals surface area (Å²) in [5, 5.41) is 10.5. The summed E-state index contributed by atoms with van der Waals surface area (Å²) in [5.41, 5.74) is 1.36. The van der Waals surface area contributed by atoms with Gasteiger partial charge >= 0.3 is 11.9 Å². The van der Waals surface area contributed by atoms with E-state index < -0.39 is 17.3 Å². The van der Waals surface area contributed by atoms with Gasteiger partial charge in [0.15, 0.2) is 0 Å². The van der Waals surface area contributed by atoms with Crippen molar-refractivity contribution in [1.29, 1.82) is 0 Å². The molecule has 0 aliphatic heterocycles. The van der Waals surface area contributed by atoms with Crippen molar-refractivity contribution in [2.45, 2.75) is 113 Å². The minimum Gasteiger partial charge on any atom is -0.481 e. The van der Waals surface area contributed by atoms with Crippen molar-refractivity contribution in [1.82, 2.24) is 0 Å². The molecule has 5 nitrogen and oxygen atoms in total. The Morgan fingerprint density at radius 2 is 1.82 bits per heavy atom. The van der Waals surface area contributed by atoms with E-state index in [1.165, 1.54) is 12.5 Å². The predicted octanol–water partition coefficient (Wildman–Crippen LogP) is 7.40. The summed E-state index contributed by atoms with van der Waals surface area (Å²) in [6.07, 6.45) is 8.12. The number of ether oxygens (including phenoxy) is 1. The van der Waals surface area contributed by atoms with Crippen LogP contribution in [0.15, 0.2) is 23.8 Å². The number of hydrogen-bond acceptors (Lipinski definition) is 4. The van der Waals surface area contributed by atoms with Crippen LogP contribution >= 0.6 is 0 Å². The third-order valence-corrected chi connectivity index (χ3v) is 12.4. The maximum atomic E-state index is 12.9. The Balaban J connectivity index is 1.78. The van der Waals surface area contributed by atoms with Crippen LogP contribution in [0.3, 0.4) is 0 Å². The van der Waals surface area contributed by atoms with Crippen molar-refractivity contribution in [3.05, 3.63) is 23.8 Å². The van der Waals surface area contributed by atoms with Crippen molar-refractivity contribution in [2.75, 3.05) is 0 Å². The average Bonchev–Trinajstić information content (AvgIpc) is 3.03. The Morgan fingerprint density at radius 3 is 2.39 bits per heavy atom. The lowest BCUT2D eigenvalue weighted by Gasteiger charge is -2.63. The third-order valence-electron chi connectivity index (χ3n) is 12.4. The highest BCUT2D eigenvalue weighted by Gasteiger charge is 2.70. The van der Waals surface area contributed by atoms with Crippen molar-refractivity contribution in [2.24, 2.45) is 51.2 Å². The Labute approximate surface area is 229 Å². The number of Topliss-reactive ketones (excluding diaryl/α,β-unsaturated/α-hetero) is 1. The van der Waals surface area contributed by atoms with Crippen LogP contribution in [0.5, 0.6) is 0 Å². The summed E-state index contributed by atoms with van der Waals surface area (Å²) < 4.78 is 6.10. The highest BCUT2D eigenvalue weighted by atomic mass is 16.5. The average molecular weight is 527 g/mol. The number of carbonyl (C=O) groups excluding carboxylic acids is 2. The first-order valence-electron chi connectivity index (χ1n) is 14.8. The summed E-state index contributed by atoms with van der Waals surface area (Å²) in [4.78, 5) is 38.1. The van der Waals surface area contributed by atoms with Gasteiger partial charge in [0, 0.05) is 24.2 Å². The molecule has 0 aromatic heterocycles. The molecule has 5 heteroatoms. The first kappa shape index (κ1) is 29.1. The number of carboxylic acid groups (broad SMARTS) is 1. The van der Waals surface area contributed by atoms with Crippen LogP contribution < -0.4 is 0 Å². The predicted molar refractivity (Wildman–Crippen MR) is 149 cm³/mol. The molecule has 0 aromatic carbocycles. The number of esters is 1. The molecule has 0 saturated heterocycles. The molecule has 212 valence electrons. The molecular weight excluding hydrogens is 476 g/mol. The molecule has 8 atom stereocenters. The lowest BCUT2D eigenvalue weighted by Crippen LogP contribution is -2.59. The Bertz CT molecular complexity index is 1050. The minimum atomic E-state index is -0.752. The number of allylic oxidation sites excluding steroid dienone is 2. The number of fused-ring (bicyclic) bond motifs is 5. The molecule has 0 bridgehead atoms. The van der Waals surface area contributed by atoms with Crippen molar-refractivity contribution < 1.29 is 24.2 Å². The molecule has 0 amide bonds. The molecule has 0 radical (unpaired) electrons. The van der Waals surface area contributed by atoms with E-state index in [0.717, 1.165) is 31.3 Å². The molecule has 3 fully saturated rings. The molecule has 0 aromatic rings. The van der Waals surface area contributed by atoms with Crippen LogP contribution in [0.4, 0.5) is 0 Å². The quantitative estimate of drug-likeness (QED) is 0.276. The minimum absolute atomic E-state index is 0.00585. The van der Waals surface area contributed by atoms with Crippen molar-refractivity contribution >= 4 is 17.7 Å². The summed E-state index contributed by atoms with van der Waals surface area (Å²) in [6.45, 7) is 21.0. The largest absolute Gasteiger partial charge is 0.481 e. The Morgan fingerprint density at radius 1 is 1.16 bits per heavy atom. The van der Waals surface area contributed by atoms with Gasteiger partial charge in [-0.05, 0) is 79.4 Å². The first-order chi connectivity index (χ1) is 17.5. The van der Waals surface area contributed by atoms with Gasteiger partial charge in [-0.25, -0.2) is 0 Å². The fraction of sp³-hybridized carbons (Fsp3) is 0.788. The molecule has 4 rings (SSSR count). The molecule has 3 saturated carbocycles. The maximum absolute atomic E-state index is 12.9. The fourth-order valence-corrected chi connectivity index (χ4v) is 9.67. The van der Waals surface area contributed by atoms with Gasteiger partial charge in [-0.2, -0.15) is 0 Å². The number of ketones is 1. The molecular formula is C33H50O5. The van der Waals surface area contributed by atoms with Crippen molar-refractivity contribution in [3.63, 3.8) is 0 Å². The standard InChI is InChI=1S/C33H50O5/c1-19(2)20(3)10-11-22(29(36)37)25-18-28(38-21(4)34)33(9)24-12-13-26-30(5,6)27(35)15-16-31(26,7)23(24)14-17-32(25,33)8/h12,19,22-23,25-26,28H,3,10-11,13-18H2,1-2,4-9H3,(H,36,37). The van der Waals surface area contributed by atoms with Gasteiger partial charge in [-0.15, -0.1) is 0 Å².